The highest BCUT2D eigenvalue weighted by Crippen LogP contribution is 2.41. The Hall–Kier alpha value is -1.75. The van der Waals surface area contributed by atoms with E-state index >= 15 is 0 Å². The quantitative estimate of drug-likeness (QED) is 0.929. The molecule has 0 amide bonds. The van der Waals surface area contributed by atoms with Crippen molar-refractivity contribution in [3.05, 3.63) is 71.0 Å². The average molecular weight is 341 g/mol. The minimum Gasteiger partial charge on any atom is -0.385 e. The van der Waals surface area contributed by atoms with Crippen LogP contribution < -0.4 is 0 Å². The molecule has 0 aliphatic carbocycles. The maximum Gasteiger partial charge on any atom is 0.126 e. The molecule has 4 heteroatoms. The van der Waals surface area contributed by atoms with Gasteiger partial charge in [0, 0.05) is 18.6 Å². The zero-order chi connectivity index (χ0) is 17.4. The lowest BCUT2D eigenvalue weighted by atomic mass is 9.76. The SMILES string of the molecule is Cc1ccc(C2(O)CC3COCC(C2)N3Cc2ccccc2)cc1F. The second kappa shape index (κ2) is 6.52. The van der Waals surface area contributed by atoms with Gasteiger partial charge >= 0.3 is 0 Å². The minimum absolute atomic E-state index is 0.141. The van der Waals surface area contributed by atoms with E-state index in [1.54, 1.807) is 13.0 Å². The Morgan fingerprint density at radius 2 is 1.80 bits per heavy atom. The molecular formula is C21H24FNO2. The number of rotatable bonds is 3. The highest BCUT2D eigenvalue weighted by molar-refractivity contribution is 5.29. The van der Waals surface area contributed by atoms with E-state index in [9.17, 15) is 9.50 Å². The Morgan fingerprint density at radius 1 is 1.12 bits per heavy atom. The van der Waals surface area contributed by atoms with Gasteiger partial charge in [-0.2, -0.15) is 0 Å². The van der Waals surface area contributed by atoms with Crippen molar-refractivity contribution >= 4 is 0 Å². The van der Waals surface area contributed by atoms with E-state index in [2.05, 4.69) is 29.2 Å². The molecule has 25 heavy (non-hydrogen) atoms. The van der Waals surface area contributed by atoms with E-state index < -0.39 is 5.60 Å². The molecular weight excluding hydrogens is 317 g/mol. The highest BCUT2D eigenvalue weighted by atomic mass is 19.1. The zero-order valence-electron chi connectivity index (χ0n) is 14.5. The molecule has 0 radical (unpaired) electrons. The van der Waals surface area contributed by atoms with Gasteiger partial charge in [-0.15, -0.1) is 0 Å². The van der Waals surface area contributed by atoms with Crippen molar-refractivity contribution in [1.29, 1.82) is 0 Å². The normalized spacial score (nSPS) is 29.6. The van der Waals surface area contributed by atoms with Crippen molar-refractivity contribution in [2.75, 3.05) is 13.2 Å². The number of hydrogen-bond donors (Lipinski definition) is 1. The molecule has 0 spiro atoms. The molecule has 0 saturated carbocycles. The summed E-state index contributed by atoms with van der Waals surface area (Å²) in [4.78, 5) is 2.44. The summed E-state index contributed by atoms with van der Waals surface area (Å²) in [6, 6.07) is 15.8. The smallest absolute Gasteiger partial charge is 0.126 e. The molecule has 2 aromatic rings. The summed E-state index contributed by atoms with van der Waals surface area (Å²) in [5, 5.41) is 11.3. The van der Waals surface area contributed by atoms with Crippen LogP contribution in [-0.4, -0.2) is 35.3 Å². The largest absolute Gasteiger partial charge is 0.385 e. The summed E-state index contributed by atoms with van der Waals surface area (Å²) < 4.78 is 19.8. The van der Waals surface area contributed by atoms with E-state index in [0.29, 0.717) is 37.2 Å². The minimum atomic E-state index is -0.985. The Labute approximate surface area is 148 Å². The van der Waals surface area contributed by atoms with Crippen LogP contribution in [0.1, 0.15) is 29.5 Å². The molecule has 1 N–H and O–H groups in total. The molecule has 2 saturated heterocycles. The number of nitrogens with zero attached hydrogens (tertiary/aromatic N) is 1. The number of halogens is 1. The molecule has 0 aromatic heterocycles. The fourth-order valence-electron chi connectivity index (χ4n) is 4.22. The second-order valence-corrected chi connectivity index (χ2v) is 7.41. The van der Waals surface area contributed by atoms with Crippen LogP contribution >= 0.6 is 0 Å². The predicted molar refractivity (Wildman–Crippen MR) is 94.6 cm³/mol. The fourth-order valence-corrected chi connectivity index (χ4v) is 4.22. The Bertz CT molecular complexity index is 735. The Kier molecular flexibility index (Phi) is 4.36. The first-order valence-electron chi connectivity index (χ1n) is 8.91. The van der Waals surface area contributed by atoms with Crippen LogP contribution in [0.4, 0.5) is 4.39 Å². The first kappa shape index (κ1) is 16.7. The van der Waals surface area contributed by atoms with Crippen LogP contribution in [0.3, 0.4) is 0 Å². The van der Waals surface area contributed by atoms with E-state index in [0.717, 1.165) is 6.54 Å². The van der Waals surface area contributed by atoms with Crippen molar-refractivity contribution in [3.63, 3.8) is 0 Å². The van der Waals surface area contributed by atoms with Crippen LogP contribution in [0.25, 0.3) is 0 Å². The van der Waals surface area contributed by atoms with Gasteiger partial charge < -0.3 is 9.84 Å². The van der Waals surface area contributed by atoms with E-state index in [1.165, 1.54) is 11.6 Å². The van der Waals surface area contributed by atoms with Crippen LogP contribution in [0.5, 0.6) is 0 Å². The number of benzene rings is 2. The molecule has 4 rings (SSSR count). The van der Waals surface area contributed by atoms with Crippen molar-refractivity contribution < 1.29 is 14.2 Å². The molecule has 132 valence electrons. The lowest BCUT2D eigenvalue weighted by Crippen LogP contribution is -2.60. The molecule has 2 heterocycles. The maximum absolute atomic E-state index is 14.0. The predicted octanol–water partition coefficient (Wildman–Crippen LogP) is 3.39. The van der Waals surface area contributed by atoms with Gasteiger partial charge in [-0.1, -0.05) is 42.5 Å². The standard InChI is InChI=1S/C21H24FNO2/c1-15-7-8-17(9-20(15)22)21(24)10-18-13-25-14-19(11-21)23(18)12-16-5-3-2-4-6-16/h2-9,18-19,24H,10-14H2,1H3. The van der Waals surface area contributed by atoms with Gasteiger partial charge in [-0.05, 0) is 42.5 Å². The second-order valence-electron chi connectivity index (χ2n) is 7.41. The summed E-state index contributed by atoms with van der Waals surface area (Å²) in [6.45, 7) is 3.83. The average Bonchev–Trinajstić information content (AvgIpc) is 2.59. The van der Waals surface area contributed by atoms with Gasteiger partial charge in [0.15, 0.2) is 0 Å². The summed E-state index contributed by atoms with van der Waals surface area (Å²) >= 11 is 0. The van der Waals surface area contributed by atoms with Crippen LogP contribution in [0.2, 0.25) is 0 Å². The maximum atomic E-state index is 14.0. The van der Waals surface area contributed by atoms with Gasteiger partial charge in [0.05, 0.1) is 18.8 Å². The highest BCUT2D eigenvalue weighted by Gasteiger charge is 2.47. The van der Waals surface area contributed by atoms with Gasteiger partial charge in [-0.25, -0.2) is 4.39 Å². The lowest BCUT2D eigenvalue weighted by molar-refractivity contribution is -0.149. The van der Waals surface area contributed by atoms with Crippen molar-refractivity contribution in [2.45, 2.75) is 44.0 Å². The number of aryl methyl sites for hydroxylation is 1. The summed E-state index contributed by atoms with van der Waals surface area (Å²) in [5.74, 6) is -0.251. The monoisotopic (exact) mass is 341 g/mol. The molecule has 2 atom stereocenters. The molecule has 3 nitrogen and oxygen atoms in total. The summed E-state index contributed by atoms with van der Waals surface area (Å²) in [5.41, 5.74) is 1.58. The van der Waals surface area contributed by atoms with Gasteiger partial charge in [0.2, 0.25) is 0 Å². The van der Waals surface area contributed by atoms with Crippen molar-refractivity contribution in [1.82, 2.24) is 4.90 Å². The topological polar surface area (TPSA) is 32.7 Å². The third kappa shape index (κ3) is 3.22. The third-order valence-corrected chi connectivity index (χ3v) is 5.62. The third-order valence-electron chi connectivity index (χ3n) is 5.62. The summed E-state index contributed by atoms with van der Waals surface area (Å²) in [6.07, 6.45) is 1.14. The van der Waals surface area contributed by atoms with Gasteiger partial charge in [0.1, 0.15) is 5.82 Å². The van der Waals surface area contributed by atoms with E-state index in [-0.39, 0.29) is 17.9 Å². The summed E-state index contributed by atoms with van der Waals surface area (Å²) in [7, 11) is 0. The molecule has 2 fully saturated rings. The Morgan fingerprint density at radius 3 is 2.44 bits per heavy atom. The molecule has 2 aliphatic rings. The lowest BCUT2D eigenvalue weighted by Gasteiger charge is -2.52. The molecule has 2 unspecified atom stereocenters. The zero-order valence-corrected chi connectivity index (χ0v) is 14.5. The van der Waals surface area contributed by atoms with E-state index in [1.807, 2.05) is 12.1 Å². The molecule has 2 aromatic carbocycles. The van der Waals surface area contributed by atoms with Crippen LogP contribution in [0, 0.1) is 12.7 Å². The number of morpholine rings is 1. The van der Waals surface area contributed by atoms with Gasteiger partial charge in [0.25, 0.3) is 0 Å². The first-order valence-corrected chi connectivity index (χ1v) is 8.91. The number of hydrogen-bond acceptors (Lipinski definition) is 3. The number of fused-ring (bicyclic) bond motifs is 2. The molecule has 2 bridgehead atoms. The van der Waals surface area contributed by atoms with Crippen LogP contribution in [0.15, 0.2) is 48.5 Å². The van der Waals surface area contributed by atoms with Crippen molar-refractivity contribution in [3.8, 4) is 0 Å². The number of piperidine rings is 1. The van der Waals surface area contributed by atoms with Crippen molar-refractivity contribution in [2.24, 2.45) is 0 Å². The van der Waals surface area contributed by atoms with Gasteiger partial charge in [-0.3, -0.25) is 4.90 Å². The van der Waals surface area contributed by atoms with Crippen LogP contribution in [-0.2, 0) is 16.9 Å². The molecule has 2 aliphatic heterocycles. The number of ether oxygens (including phenoxy) is 1. The van der Waals surface area contributed by atoms with E-state index in [4.69, 9.17) is 4.74 Å². The Balaban J connectivity index is 1.59. The fraction of sp³-hybridized carbons (Fsp3) is 0.429. The number of aliphatic hydroxyl groups is 1. The first-order chi connectivity index (χ1) is 12.0.